The van der Waals surface area contributed by atoms with E-state index in [4.69, 9.17) is 9.84 Å². The van der Waals surface area contributed by atoms with Gasteiger partial charge >= 0.3 is 5.97 Å². The Labute approximate surface area is 106 Å². The minimum Gasteiger partial charge on any atom is -0.479 e. The Balaban J connectivity index is 2.74. The van der Waals surface area contributed by atoms with Crippen LogP contribution in [0.15, 0.2) is 24.3 Å². The van der Waals surface area contributed by atoms with Gasteiger partial charge in [0.1, 0.15) is 0 Å². The molecular weight excluding hydrogens is 234 g/mol. The lowest BCUT2D eigenvalue weighted by Gasteiger charge is -2.15. The summed E-state index contributed by atoms with van der Waals surface area (Å²) < 4.78 is 4.77. The van der Waals surface area contributed by atoms with Gasteiger partial charge in [-0.1, -0.05) is 29.8 Å². The zero-order chi connectivity index (χ0) is 13.5. The quantitative estimate of drug-likeness (QED) is 0.798. The highest BCUT2D eigenvalue weighted by Crippen LogP contribution is 2.14. The van der Waals surface area contributed by atoms with Crippen LogP contribution in [-0.4, -0.2) is 30.7 Å². The predicted molar refractivity (Wildman–Crippen MR) is 66.2 cm³/mol. The van der Waals surface area contributed by atoms with Gasteiger partial charge in [-0.05, 0) is 12.5 Å². The van der Waals surface area contributed by atoms with E-state index in [1.54, 1.807) is 12.1 Å². The SMILES string of the molecule is COCCC(=O)NC(C(=O)O)c1ccc(C)cc1. The first-order valence-corrected chi connectivity index (χ1v) is 5.62. The third kappa shape index (κ3) is 4.18. The normalized spacial score (nSPS) is 11.9. The standard InChI is InChI=1S/C13H17NO4/c1-9-3-5-10(6-4-9)12(13(16)17)14-11(15)7-8-18-2/h3-6,12H,7-8H2,1-2H3,(H,14,15)(H,16,17). The maximum atomic E-state index is 11.5. The number of nitrogens with one attached hydrogen (secondary N) is 1. The van der Waals surface area contributed by atoms with Crippen LogP contribution in [0.4, 0.5) is 0 Å². The third-order valence-electron chi connectivity index (χ3n) is 2.50. The van der Waals surface area contributed by atoms with Crippen LogP contribution in [0.3, 0.4) is 0 Å². The Morgan fingerprint density at radius 1 is 1.33 bits per heavy atom. The summed E-state index contributed by atoms with van der Waals surface area (Å²) in [6.07, 6.45) is 0.145. The smallest absolute Gasteiger partial charge is 0.330 e. The Kier molecular flexibility index (Phi) is 5.32. The molecule has 1 rings (SSSR count). The van der Waals surface area contributed by atoms with Crippen LogP contribution in [0.1, 0.15) is 23.6 Å². The second-order valence-corrected chi connectivity index (χ2v) is 3.99. The first-order valence-electron chi connectivity index (χ1n) is 5.62. The molecule has 18 heavy (non-hydrogen) atoms. The number of carbonyl (C=O) groups excluding carboxylic acids is 1. The lowest BCUT2D eigenvalue weighted by Crippen LogP contribution is -2.34. The molecule has 0 spiro atoms. The molecule has 1 atom stereocenters. The van der Waals surface area contributed by atoms with Crippen LogP contribution >= 0.6 is 0 Å². The Bertz CT molecular complexity index is 414. The largest absolute Gasteiger partial charge is 0.479 e. The number of benzene rings is 1. The molecule has 0 fully saturated rings. The van der Waals surface area contributed by atoms with Gasteiger partial charge in [0.2, 0.25) is 5.91 Å². The van der Waals surface area contributed by atoms with Crippen molar-refractivity contribution in [1.82, 2.24) is 5.32 Å². The summed E-state index contributed by atoms with van der Waals surface area (Å²) in [7, 11) is 1.49. The van der Waals surface area contributed by atoms with Gasteiger partial charge in [0.15, 0.2) is 6.04 Å². The molecule has 5 nitrogen and oxygen atoms in total. The maximum absolute atomic E-state index is 11.5. The monoisotopic (exact) mass is 251 g/mol. The van der Waals surface area contributed by atoms with Crippen molar-refractivity contribution in [1.29, 1.82) is 0 Å². The van der Waals surface area contributed by atoms with E-state index in [0.717, 1.165) is 5.56 Å². The van der Waals surface area contributed by atoms with Crippen LogP contribution in [0.2, 0.25) is 0 Å². The number of aliphatic carboxylic acids is 1. The van der Waals surface area contributed by atoms with Crippen molar-refractivity contribution in [2.75, 3.05) is 13.7 Å². The number of methoxy groups -OCH3 is 1. The molecule has 1 aromatic rings. The molecule has 1 amide bonds. The summed E-state index contributed by atoms with van der Waals surface area (Å²) in [6.45, 7) is 2.18. The number of carboxylic acids is 1. The minimum absolute atomic E-state index is 0.145. The lowest BCUT2D eigenvalue weighted by atomic mass is 10.1. The second kappa shape index (κ2) is 6.76. The Morgan fingerprint density at radius 2 is 1.94 bits per heavy atom. The number of rotatable bonds is 6. The van der Waals surface area contributed by atoms with Gasteiger partial charge in [0.25, 0.3) is 0 Å². The molecule has 0 heterocycles. The molecule has 1 aromatic carbocycles. The maximum Gasteiger partial charge on any atom is 0.330 e. The van der Waals surface area contributed by atoms with E-state index in [0.29, 0.717) is 5.56 Å². The van der Waals surface area contributed by atoms with Gasteiger partial charge in [-0.3, -0.25) is 4.79 Å². The third-order valence-corrected chi connectivity index (χ3v) is 2.50. The topological polar surface area (TPSA) is 75.6 Å². The van der Waals surface area contributed by atoms with E-state index in [2.05, 4.69) is 5.32 Å². The molecule has 0 bridgehead atoms. The summed E-state index contributed by atoms with van der Waals surface area (Å²) in [6, 6.07) is 6.00. The Hall–Kier alpha value is -1.88. The number of ether oxygens (including phenoxy) is 1. The first kappa shape index (κ1) is 14.2. The average Bonchev–Trinajstić information content (AvgIpc) is 2.34. The molecule has 0 aromatic heterocycles. The van der Waals surface area contributed by atoms with Crippen molar-refractivity contribution >= 4 is 11.9 Å². The molecule has 0 aliphatic carbocycles. The van der Waals surface area contributed by atoms with Gasteiger partial charge in [0, 0.05) is 13.5 Å². The second-order valence-electron chi connectivity index (χ2n) is 3.99. The van der Waals surface area contributed by atoms with Gasteiger partial charge in [-0.15, -0.1) is 0 Å². The highest BCUT2D eigenvalue weighted by atomic mass is 16.5. The summed E-state index contributed by atoms with van der Waals surface area (Å²) in [5.74, 6) is -1.42. The number of aryl methyl sites for hydroxylation is 1. The highest BCUT2D eigenvalue weighted by Gasteiger charge is 2.21. The van der Waals surface area contributed by atoms with Crippen molar-refractivity contribution in [2.45, 2.75) is 19.4 Å². The molecule has 0 aliphatic rings. The van der Waals surface area contributed by atoms with Crippen molar-refractivity contribution < 1.29 is 19.4 Å². The van der Waals surface area contributed by atoms with Crippen molar-refractivity contribution in [3.63, 3.8) is 0 Å². The fourth-order valence-electron chi connectivity index (χ4n) is 1.47. The number of amides is 1. The Morgan fingerprint density at radius 3 is 2.44 bits per heavy atom. The summed E-state index contributed by atoms with van der Waals surface area (Å²) in [5, 5.41) is 11.6. The van der Waals surface area contributed by atoms with E-state index < -0.39 is 12.0 Å². The van der Waals surface area contributed by atoms with E-state index in [1.807, 2.05) is 19.1 Å². The first-order chi connectivity index (χ1) is 8.54. The van der Waals surface area contributed by atoms with Crippen LogP contribution < -0.4 is 5.32 Å². The van der Waals surface area contributed by atoms with Crippen molar-refractivity contribution in [3.05, 3.63) is 35.4 Å². The van der Waals surface area contributed by atoms with Crippen LogP contribution in [0.25, 0.3) is 0 Å². The van der Waals surface area contributed by atoms with E-state index in [1.165, 1.54) is 7.11 Å². The van der Waals surface area contributed by atoms with Crippen LogP contribution in [-0.2, 0) is 14.3 Å². The molecule has 0 saturated heterocycles. The zero-order valence-corrected chi connectivity index (χ0v) is 10.5. The van der Waals surface area contributed by atoms with Crippen molar-refractivity contribution in [2.24, 2.45) is 0 Å². The molecular formula is C13H17NO4. The van der Waals surface area contributed by atoms with Crippen LogP contribution in [0.5, 0.6) is 0 Å². The van der Waals surface area contributed by atoms with Gasteiger partial charge in [0.05, 0.1) is 6.61 Å². The van der Waals surface area contributed by atoms with E-state index in [9.17, 15) is 9.59 Å². The molecule has 0 radical (unpaired) electrons. The fraction of sp³-hybridized carbons (Fsp3) is 0.385. The van der Waals surface area contributed by atoms with E-state index in [-0.39, 0.29) is 18.9 Å². The molecule has 98 valence electrons. The van der Waals surface area contributed by atoms with Gasteiger partial charge < -0.3 is 15.2 Å². The molecule has 0 saturated carbocycles. The van der Waals surface area contributed by atoms with Crippen LogP contribution in [0, 0.1) is 6.92 Å². The van der Waals surface area contributed by atoms with Gasteiger partial charge in [-0.25, -0.2) is 4.79 Å². The number of hydrogen-bond acceptors (Lipinski definition) is 3. The number of carbonyl (C=O) groups is 2. The molecule has 5 heteroatoms. The van der Waals surface area contributed by atoms with Gasteiger partial charge in [-0.2, -0.15) is 0 Å². The fourth-order valence-corrected chi connectivity index (χ4v) is 1.47. The average molecular weight is 251 g/mol. The minimum atomic E-state index is -1.08. The predicted octanol–water partition coefficient (Wildman–Crippen LogP) is 1.27. The number of hydrogen-bond donors (Lipinski definition) is 2. The molecule has 1 unspecified atom stereocenters. The summed E-state index contributed by atoms with van der Waals surface area (Å²) in [5.41, 5.74) is 1.59. The van der Waals surface area contributed by atoms with E-state index >= 15 is 0 Å². The molecule has 2 N–H and O–H groups in total. The zero-order valence-electron chi connectivity index (χ0n) is 10.5. The number of carboxylic acid groups (broad SMARTS) is 1. The molecule has 0 aliphatic heterocycles. The van der Waals surface area contributed by atoms with Crippen molar-refractivity contribution in [3.8, 4) is 0 Å². The summed E-state index contributed by atoms with van der Waals surface area (Å²) in [4.78, 5) is 22.7. The summed E-state index contributed by atoms with van der Waals surface area (Å²) >= 11 is 0. The lowest BCUT2D eigenvalue weighted by molar-refractivity contribution is -0.142. The highest BCUT2D eigenvalue weighted by molar-refractivity contribution is 5.84.